The first-order chi connectivity index (χ1) is 23.8. The van der Waals surface area contributed by atoms with Crippen molar-refractivity contribution in [1.82, 2.24) is 9.55 Å². The van der Waals surface area contributed by atoms with Crippen LogP contribution in [0.2, 0.25) is 0 Å². The Kier molecular flexibility index (Phi) is 5.97. The lowest BCUT2D eigenvalue weighted by Crippen LogP contribution is -2.57. The van der Waals surface area contributed by atoms with Crippen LogP contribution in [0.3, 0.4) is 0 Å². The number of aromatic nitrogens is 2. The summed E-state index contributed by atoms with van der Waals surface area (Å²) in [5.41, 5.74) is 10.9. The van der Waals surface area contributed by atoms with Crippen LogP contribution in [0.15, 0.2) is 164 Å². The Morgan fingerprint density at radius 3 is 2.15 bits per heavy atom. The number of pyridine rings is 1. The summed E-state index contributed by atoms with van der Waals surface area (Å²) in [7, 11) is 0. The van der Waals surface area contributed by atoms with E-state index in [-0.39, 0.29) is 6.71 Å². The summed E-state index contributed by atoms with van der Waals surface area (Å²) in [6.07, 6.45) is 1.84. The maximum absolute atomic E-state index is 6.72. The van der Waals surface area contributed by atoms with E-state index in [2.05, 4.69) is 154 Å². The molecule has 0 unspecified atom stereocenters. The summed E-state index contributed by atoms with van der Waals surface area (Å²) in [6.45, 7) is 0.840. The van der Waals surface area contributed by atoms with Gasteiger partial charge in [-0.2, -0.15) is 0 Å². The van der Waals surface area contributed by atoms with Gasteiger partial charge < -0.3 is 14.5 Å². The zero-order valence-electron chi connectivity index (χ0n) is 26.1. The molecule has 8 aromatic rings. The Labute approximate surface area is 279 Å². The normalized spacial score (nSPS) is 13.2. The van der Waals surface area contributed by atoms with Crippen LogP contribution < -0.4 is 30.9 Å². The average Bonchev–Trinajstić information content (AvgIpc) is 3.70. The number of hydrogen-bond donors (Lipinski definition) is 0. The molecule has 6 heteroatoms. The van der Waals surface area contributed by atoms with Crippen molar-refractivity contribution < 1.29 is 4.74 Å². The number of ether oxygens (including phenoxy) is 1. The van der Waals surface area contributed by atoms with Gasteiger partial charge in [-0.15, -0.1) is 0 Å². The van der Waals surface area contributed by atoms with E-state index in [1.807, 2.05) is 24.4 Å². The molecule has 5 nitrogen and oxygen atoms in total. The molecule has 0 spiro atoms. The van der Waals surface area contributed by atoms with Gasteiger partial charge in [0.1, 0.15) is 24.0 Å². The van der Waals surface area contributed by atoms with Crippen LogP contribution in [0.1, 0.15) is 0 Å². The lowest BCUT2D eigenvalue weighted by molar-refractivity contribution is 0.483. The smallest absolute Gasteiger partial charge is 0.246 e. The molecule has 0 bridgehead atoms. The third-order valence-electron chi connectivity index (χ3n) is 9.76. The maximum Gasteiger partial charge on any atom is 0.246 e. The maximum atomic E-state index is 6.72. The summed E-state index contributed by atoms with van der Waals surface area (Å²) >= 11 is 0. The lowest BCUT2D eigenvalue weighted by Gasteiger charge is -2.33. The van der Waals surface area contributed by atoms with Gasteiger partial charge in [0.25, 0.3) is 0 Å². The monoisotopic (exact) mass is 616 g/mol. The molecule has 0 amide bonds. The molecule has 4 heterocycles. The second-order valence-corrected chi connectivity index (χ2v) is 12.4. The van der Waals surface area contributed by atoms with Crippen molar-refractivity contribution in [3.05, 3.63) is 164 Å². The molecular weight excluding hydrogens is 587 g/mol. The molecule has 2 aliphatic rings. The van der Waals surface area contributed by atoms with Crippen LogP contribution in [-0.2, 0) is 0 Å². The first-order valence-electron chi connectivity index (χ1n) is 16.4. The van der Waals surface area contributed by atoms with Gasteiger partial charge >= 0.3 is 0 Å². The van der Waals surface area contributed by atoms with E-state index < -0.39 is 0 Å². The zero-order valence-corrected chi connectivity index (χ0v) is 26.1. The van der Waals surface area contributed by atoms with E-state index in [0.29, 0.717) is 0 Å². The summed E-state index contributed by atoms with van der Waals surface area (Å²) in [6, 6.07) is 55.7. The van der Waals surface area contributed by atoms with Crippen LogP contribution in [0.5, 0.6) is 11.5 Å². The van der Waals surface area contributed by atoms with E-state index in [1.54, 1.807) is 0 Å². The summed E-state index contributed by atoms with van der Waals surface area (Å²) in [4.78, 5) is 9.57. The number of benzene rings is 6. The van der Waals surface area contributed by atoms with Crippen LogP contribution >= 0.6 is 0 Å². The number of nitrogens with zero attached hydrogens (tertiary/aromatic N) is 4. The van der Waals surface area contributed by atoms with Gasteiger partial charge in [0.05, 0.1) is 22.4 Å². The topological polar surface area (TPSA) is 33.5 Å². The SMILES string of the molecule is c1ccc(B2c3ccc(Oc4ccc5c6ccccc6n(-c6ccccn6)c5c4)cc3N3CN(c4ccccc4)c4cccc2c43)cc1. The second kappa shape index (κ2) is 10.6. The first kappa shape index (κ1) is 26.9. The van der Waals surface area contributed by atoms with E-state index in [4.69, 9.17) is 9.72 Å². The minimum Gasteiger partial charge on any atom is -0.457 e. The van der Waals surface area contributed by atoms with Crippen molar-refractivity contribution in [2.75, 3.05) is 16.5 Å². The highest BCUT2D eigenvalue weighted by Crippen LogP contribution is 2.45. The van der Waals surface area contributed by atoms with Crippen molar-refractivity contribution in [3.63, 3.8) is 0 Å². The number of hydrogen-bond acceptors (Lipinski definition) is 4. The lowest BCUT2D eigenvalue weighted by atomic mass is 9.35. The summed E-state index contributed by atoms with van der Waals surface area (Å²) in [5, 5.41) is 2.36. The molecule has 2 aromatic heterocycles. The van der Waals surface area contributed by atoms with Crippen LogP contribution in [0.25, 0.3) is 27.6 Å². The molecule has 0 atom stereocenters. The number of anilines is 4. The molecule has 2 aliphatic heterocycles. The largest absolute Gasteiger partial charge is 0.457 e. The fourth-order valence-corrected chi connectivity index (χ4v) is 7.73. The van der Waals surface area contributed by atoms with E-state index in [9.17, 15) is 0 Å². The average molecular weight is 617 g/mol. The highest BCUT2D eigenvalue weighted by atomic mass is 16.5. The summed E-state index contributed by atoms with van der Waals surface area (Å²) in [5.74, 6) is 2.47. The van der Waals surface area contributed by atoms with E-state index in [1.165, 1.54) is 49.9 Å². The second-order valence-electron chi connectivity index (χ2n) is 12.4. The Bertz CT molecular complexity index is 2480. The quantitative estimate of drug-likeness (QED) is 0.183. The molecule has 0 saturated carbocycles. The molecule has 0 radical (unpaired) electrons. The molecular formula is C42H29BN4O. The van der Waals surface area contributed by atoms with Crippen molar-refractivity contribution in [3.8, 4) is 17.3 Å². The third kappa shape index (κ3) is 4.09. The Morgan fingerprint density at radius 1 is 0.542 bits per heavy atom. The minimum atomic E-state index is 0.114. The predicted molar refractivity (Wildman–Crippen MR) is 198 cm³/mol. The van der Waals surface area contributed by atoms with Gasteiger partial charge in [0.15, 0.2) is 0 Å². The highest BCUT2D eigenvalue weighted by Gasteiger charge is 2.41. The molecule has 0 N–H and O–H groups in total. The fourth-order valence-electron chi connectivity index (χ4n) is 7.73. The van der Waals surface area contributed by atoms with E-state index >= 15 is 0 Å². The molecule has 0 saturated heterocycles. The van der Waals surface area contributed by atoms with Gasteiger partial charge in [-0.3, -0.25) is 4.57 Å². The summed E-state index contributed by atoms with van der Waals surface area (Å²) < 4.78 is 8.93. The Hall–Kier alpha value is -6.27. The molecule has 6 aromatic carbocycles. The van der Waals surface area contributed by atoms with Crippen molar-refractivity contribution in [1.29, 1.82) is 0 Å². The Morgan fingerprint density at radius 2 is 1.29 bits per heavy atom. The number of rotatable bonds is 5. The van der Waals surface area contributed by atoms with Gasteiger partial charge in [0.2, 0.25) is 6.71 Å². The van der Waals surface area contributed by atoms with Gasteiger partial charge in [-0.25, -0.2) is 4.98 Å². The van der Waals surface area contributed by atoms with Gasteiger partial charge in [-0.1, -0.05) is 96.5 Å². The molecule has 48 heavy (non-hydrogen) atoms. The van der Waals surface area contributed by atoms with Gasteiger partial charge in [0, 0.05) is 40.5 Å². The third-order valence-corrected chi connectivity index (χ3v) is 9.76. The molecule has 0 aliphatic carbocycles. The Balaban J connectivity index is 1.10. The van der Waals surface area contributed by atoms with E-state index in [0.717, 1.165) is 35.0 Å². The van der Waals surface area contributed by atoms with Crippen LogP contribution in [0, 0.1) is 0 Å². The standard InChI is InChI=1S/C42H29BN4O/c1-3-12-29(13-4-1)43-35-24-22-32(27-40(35)46-28-45(30-14-5-2-6-15-30)38-19-11-17-36(43)42(38)46)48-31-21-23-34-33-16-7-8-18-37(33)47(39(34)26-31)41-20-9-10-25-44-41/h1-27H,28H2. The number of fused-ring (bicyclic) bond motifs is 5. The van der Waals surface area contributed by atoms with Crippen LogP contribution in [-0.4, -0.2) is 22.9 Å². The van der Waals surface area contributed by atoms with Crippen LogP contribution in [0.4, 0.5) is 22.7 Å². The fraction of sp³-hybridized carbons (Fsp3) is 0.0238. The van der Waals surface area contributed by atoms with Crippen molar-refractivity contribution >= 4 is 67.7 Å². The van der Waals surface area contributed by atoms with Crippen molar-refractivity contribution in [2.45, 2.75) is 0 Å². The van der Waals surface area contributed by atoms with Gasteiger partial charge in [-0.05, 0) is 65.5 Å². The van der Waals surface area contributed by atoms with Crippen molar-refractivity contribution in [2.24, 2.45) is 0 Å². The molecule has 226 valence electrons. The molecule has 10 rings (SSSR count). The highest BCUT2D eigenvalue weighted by molar-refractivity contribution is 6.98. The first-order valence-corrected chi connectivity index (χ1v) is 16.4. The molecule has 0 fully saturated rings. The predicted octanol–water partition coefficient (Wildman–Crippen LogP) is 8.05. The zero-order chi connectivity index (χ0) is 31.6. The minimum absolute atomic E-state index is 0.114. The number of para-hydroxylation sites is 3.